The molecule has 7 heteroatoms. The second-order valence-corrected chi connectivity index (χ2v) is 6.76. The summed E-state index contributed by atoms with van der Waals surface area (Å²) in [6.45, 7) is 4.89. The van der Waals surface area contributed by atoms with E-state index in [4.69, 9.17) is 9.47 Å². The Labute approximate surface area is 161 Å². The van der Waals surface area contributed by atoms with Gasteiger partial charge in [0.25, 0.3) is 0 Å². The molecular weight excluding hydrogens is 367 g/mol. The van der Waals surface area contributed by atoms with Crippen molar-refractivity contribution in [3.05, 3.63) is 53.3 Å². The van der Waals surface area contributed by atoms with Crippen molar-refractivity contribution in [3.8, 4) is 5.75 Å². The molecule has 142 valence electrons. The molecule has 0 saturated carbocycles. The number of aryl methyl sites for hydroxylation is 1. The van der Waals surface area contributed by atoms with E-state index in [1.54, 1.807) is 25.1 Å². The fourth-order valence-corrected chi connectivity index (χ4v) is 3.83. The first-order valence-corrected chi connectivity index (χ1v) is 9.68. The van der Waals surface area contributed by atoms with Crippen molar-refractivity contribution in [2.24, 2.45) is 0 Å². The van der Waals surface area contributed by atoms with E-state index in [2.05, 4.69) is 9.55 Å². The molecule has 0 atom stereocenters. The quantitative estimate of drug-likeness (QED) is 0.435. The standard InChI is InChI=1S/C20H21FN2O3S/c1-4-23-17-8-7-14(19(24)26-5-2)11-16(17)22-20(23)27-12-13-6-9-18(25-3)15(21)10-13/h6-11H,4-5,12H2,1-3H3. The van der Waals surface area contributed by atoms with Crippen LogP contribution in [-0.4, -0.2) is 29.2 Å². The van der Waals surface area contributed by atoms with Crippen molar-refractivity contribution in [2.45, 2.75) is 31.3 Å². The Hall–Kier alpha value is -2.54. The number of carbonyl (C=O) groups is 1. The van der Waals surface area contributed by atoms with Crippen LogP contribution in [0.25, 0.3) is 11.0 Å². The first-order valence-electron chi connectivity index (χ1n) is 8.70. The van der Waals surface area contributed by atoms with E-state index in [-0.39, 0.29) is 17.5 Å². The maximum atomic E-state index is 13.9. The molecule has 0 spiro atoms. The molecule has 0 N–H and O–H groups in total. The number of methoxy groups -OCH3 is 1. The molecular formula is C20H21FN2O3S. The van der Waals surface area contributed by atoms with Crippen molar-refractivity contribution in [1.82, 2.24) is 9.55 Å². The molecule has 3 aromatic rings. The summed E-state index contributed by atoms with van der Waals surface area (Å²) in [6.07, 6.45) is 0. The van der Waals surface area contributed by atoms with Gasteiger partial charge in [-0.05, 0) is 49.7 Å². The minimum atomic E-state index is -0.376. The number of thioether (sulfide) groups is 1. The molecule has 1 heterocycles. The number of halogens is 1. The van der Waals surface area contributed by atoms with E-state index in [0.29, 0.717) is 17.9 Å². The van der Waals surface area contributed by atoms with Gasteiger partial charge in [0.15, 0.2) is 16.7 Å². The summed E-state index contributed by atoms with van der Waals surface area (Å²) in [7, 11) is 1.45. The van der Waals surface area contributed by atoms with Crippen LogP contribution in [0.3, 0.4) is 0 Å². The van der Waals surface area contributed by atoms with Crippen molar-refractivity contribution < 1.29 is 18.7 Å². The van der Waals surface area contributed by atoms with Crippen molar-refractivity contribution in [2.75, 3.05) is 13.7 Å². The maximum absolute atomic E-state index is 13.9. The number of carbonyl (C=O) groups excluding carboxylic acids is 1. The normalized spacial score (nSPS) is 11.0. The lowest BCUT2D eigenvalue weighted by Crippen LogP contribution is -2.04. The van der Waals surface area contributed by atoms with Gasteiger partial charge in [-0.15, -0.1) is 0 Å². The van der Waals surface area contributed by atoms with Crippen LogP contribution in [-0.2, 0) is 17.0 Å². The third-order valence-electron chi connectivity index (χ3n) is 4.12. The van der Waals surface area contributed by atoms with Crippen molar-refractivity contribution in [3.63, 3.8) is 0 Å². The Balaban J connectivity index is 1.85. The average molecular weight is 388 g/mol. The highest BCUT2D eigenvalue weighted by Crippen LogP contribution is 2.29. The largest absolute Gasteiger partial charge is 0.494 e. The Bertz CT molecular complexity index is 971. The summed E-state index contributed by atoms with van der Waals surface area (Å²) >= 11 is 1.53. The van der Waals surface area contributed by atoms with E-state index in [1.807, 2.05) is 19.1 Å². The van der Waals surface area contributed by atoms with Gasteiger partial charge < -0.3 is 14.0 Å². The molecule has 0 unspecified atom stereocenters. The van der Waals surface area contributed by atoms with Gasteiger partial charge in [-0.25, -0.2) is 14.2 Å². The molecule has 0 fully saturated rings. The van der Waals surface area contributed by atoms with Gasteiger partial charge in [0.2, 0.25) is 0 Å². The summed E-state index contributed by atoms with van der Waals surface area (Å²) in [4.78, 5) is 16.6. The van der Waals surface area contributed by atoms with Crippen LogP contribution in [0.1, 0.15) is 29.8 Å². The SMILES string of the molecule is CCOC(=O)c1ccc2c(c1)nc(SCc1ccc(OC)c(F)c1)n2CC. The summed E-state index contributed by atoms with van der Waals surface area (Å²) < 4.78 is 26.0. The average Bonchev–Trinajstić information content (AvgIpc) is 3.03. The van der Waals surface area contributed by atoms with Gasteiger partial charge in [-0.1, -0.05) is 17.8 Å². The number of esters is 1. The lowest BCUT2D eigenvalue weighted by Gasteiger charge is -2.07. The van der Waals surface area contributed by atoms with Crippen molar-refractivity contribution in [1.29, 1.82) is 0 Å². The number of imidazole rings is 1. The highest BCUT2D eigenvalue weighted by atomic mass is 32.2. The molecule has 27 heavy (non-hydrogen) atoms. The van der Waals surface area contributed by atoms with Crippen LogP contribution < -0.4 is 4.74 Å². The monoisotopic (exact) mass is 388 g/mol. The van der Waals surface area contributed by atoms with E-state index < -0.39 is 0 Å². The lowest BCUT2D eigenvalue weighted by atomic mass is 10.2. The first-order chi connectivity index (χ1) is 13.1. The molecule has 0 aliphatic heterocycles. The zero-order valence-electron chi connectivity index (χ0n) is 15.5. The maximum Gasteiger partial charge on any atom is 0.338 e. The highest BCUT2D eigenvalue weighted by molar-refractivity contribution is 7.98. The molecule has 0 aliphatic carbocycles. The molecule has 2 aromatic carbocycles. The summed E-state index contributed by atoms with van der Waals surface area (Å²) in [5.74, 6) is 0.0812. The van der Waals surface area contributed by atoms with Gasteiger partial charge >= 0.3 is 5.97 Å². The molecule has 1 aromatic heterocycles. The van der Waals surface area contributed by atoms with E-state index >= 15 is 0 Å². The van der Waals surface area contributed by atoms with Crippen molar-refractivity contribution >= 4 is 28.8 Å². The predicted molar refractivity (Wildman–Crippen MR) is 104 cm³/mol. The summed E-state index contributed by atoms with van der Waals surface area (Å²) in [6, 6.07) is 10.3. The van der Waals surface area contributed by atoms with Crippen LogP contribution in [0.5, 0.6) is 5.75 Å². The molecule has 0 saturated heterocycles. The third-order valence-corrected chi connectivity index (χ3v) is 5.17. The van der Waals surface area contributed by atoms with Crippen LogP contribution in [0.15, 0.2) is 41.6 Å². The molecule has 0 radical (unpaired) electrons. The van der Waals surface area contributed by atoms with Gasteiger partial charge in [-0.2, -0.15) is 0 Å². The molecule has 5 nitrogen and oxygen atoms in total. The number of aromatic nitrogens is 2. The lowest BCUT2D eigenvalue weighted by molar-refractivity contribution is 0.0526. The number of hydrogen-bond donors (Lipinski definition) is 0. The molecule has 3 rings (SSSR count). The van der Waals surface area contributed by atoms with E-state index in [1.165, 1.54) is 24.9 Å². The number of hydrogen-bond acceptors (Lipinski definition) is 5. The van der Waals surface area contributed by atoms with Crippen LogP contribution >= 0.6 is 11.8 Å². The number of benzene rings is 2. The fraction of sp³-hybridized carbons (Fsp3) is 0.300. The zero-order valence-corrected chi connectivity index (χ0v) is 16.3. The Morgan fingerprint density at radius 1 is 1.22 bits per heavy atom. The van der Waals surface area contributed by atoms with Crippen LogP contribution in [0.2, 0.25) is 0 Å². The molecule has 0 amide bonds. The van der Waals surface area contributed by atoms with Crippen LogP contribution in [0.4, 0.5) is 4.39 Å². The summed E-state index contributed by atoms with van der Waals surface area (Å²) in [5.41, 5.74) is 3.03. The minimum absolute atomic E-state index is 0.232. The van der Waals surface area contributed by atoms with Gasteiger partial charge in [0.05, 0.1) is 30.3 Å². The second kappa shape index (κ2) is 8.43. The van der Waals surface area contributed by atoms with Gasteiger partial charge in [0.1, 0.15) is 0 Å². The Morgan fingerprint density at radius 2 is 2.04 bits per heavy atom. The highest BCUT2D eigenvalue weighted by Gasteiger charge is 2.14. The number of rotatable bonds is 7. The Kier molecular flexibility index (Phi) is 6.01. The zero-order chi connectivity index (χ0) is 19.4. The number of nitrogens with zero attached hydrogens (tertiary/aromatic N) is 2. The number of ether oxygens (including phenoxy) is 2. The van der Waals surface area contributed by atoms with Gasteiger partial charge in [-0.3, -0.25) is 0 Å². The summed E-state index contributed by atoms with van der Waals surface area (Å²) in [5, 5.41) is 0.824. The van der Waals surface area contributed by atoms with E-state index in [9.17, 15) is 9.18 Å². The number of fused-ring (bicyclic) bond motifs is 1. The van der Waals surface area contributed by atoms with Crippen LogP contribution in [0, 0.1) is 5.82 Å². The third kappa shape index (κ3) is 4.08. The first kappa shape index (κ1) is 19.2. The molecule has 0 aliphatic rings. The predicted octanol–water partition coefficient (Wildman–Crippen LogP) is 4.67. The second-order valence-electron chi connectivity index (χ2n) is 5.82. The fourth-order valence-electron chi connectivity index (χ4n) is 2.81. The smallest absolute Gasteiger partial charge is 0.338 e. The Morgan fingerprint density at radius 3 is 2.70 bits per heavy atom. The molecule has 0 bridgehead atoms. The van der Waals surface area contributed by atoms with E-state index in [0.717, 1.165) is 28.3 Å². The minimum Gasteiger partial charge on any atom is -0.494 e. The topological polar surface area (TPSA) is 53.4 Å². The van der Waals surface area contributed by atoms with Gasteiger partial charge in [0, 0.05) is 12.3 Å².